The molecule has 0 saturated heterocycles. The van der Waals surface area contributed by atoms with E-state index in [1.807, 2.05) is 0 Å². The fraction of sp³-hybridized carbons (Fsp3) is 0.600. The number of aryl methyl sites for hydroxylation is 1. The summed E-state index contributed by atoms with van der Waals surface area (Å²) in [6.07, 6.45) is 3.41. The second-order valence-corrected chi connectivity index (χ2v) is 1.81. The summed E-state index contributed by atoms with van der Waals surface area (Å²) in [5.41, 5.74) is 5.28. The van der Waals surface area contributed by atoms with E-state index in [2.05, 4.69) is 15.2 Å². The van der Waals surface area contributed by atoms with Gasteiger partial charge in [0.05, 0.1) is 0 Å². The summed E-state index contributed by atoms with van der Waals surface area (Å²) in [4.78, 5) is 3.93. The predicted octanol–water partition coefficient (Wildman–Crippen LogP) is -0.304. The lowest BCUT2D eigenvalue weighted by Gasteiger charge is -1.88. The summed E-state index contributed by atoms with van der Waals surface area (Å²) in [7, 11) is 0. The molecule has 4 heteroatoms. The molecule has 4 nitrogen and oxygen atoms in total. The quantitative estimate of drug-likeness (QED) is 0.584. The number of nitrogens with zero attached hydrogens (tertiary/aromatic N) is 2. The Morgan fingerprint density at radius 2 is 2.56 bits per heavy atom. The zero-order valence-corrected chi connectivity index (χ0v) is 5.17. The van der Waals surface area contributed by atoms with Crippen LogP contribution in [0.25, 0.3) is 0 Å². The first-order valence-corrected chi connectivity index (χ1v) is 2.98. The monoisotopic (exact) mass is 126 g/mol. The Hall–Kier alpha value is -0.900. The van der Waals surface area contributed by atoms with Crippen molar-refractivity contribution in [2.24, 2.45) is 5.73 Å². The molecule has 0 radical (unpaired) electrons. The van der Waals surface area contributed by atoms with E-state index in [0.717, 1.165) is 18.7 Å². The molecular weight excluding hydrogens is 116 g/mol. The van der Waals surface area contributed by atoms with Crippen molar-refractivity contribution in [2.75, 3.05) is 6.54 Å². The molecule has 0 aliphatic heterocycles. The molecule has 1 heterocycles. The van der Waals surface area contributed by atoms with Gasteiger partial charge in [0.2, 0.25) is 0 Å². The van der Waals surface area contributed by atoms with E-state index in [1.54, 1.807) is 6.33 Å². The molecule has 0 unspecified atom stereocenters. The van der Waals surface area contributed by atoms with Gasteiger partial charge in [0, 0.05) is 6.42 Å². The van der Waals surface area contributed by atoms with Gasteiger partial charge in [-0.1, -0.05) is 0 Å². The van der Waals surface area contributed by atoms with Crippen molar-refractivity contribution in [2.45, 2.75) is 12.8 Å². The molecule has 0 aliphatic rings. The minimum absolute atomic E-state index is 0.703. The van der Waals surface area contributed by atoms with E-state index in [9.17, 15) is 0 Å². The lowest BCUT2D eigenvalue weighted by Crippen LogP contribution is -2.01. The fourth-order valence-electron chi connectivity index (χ4n) is 0.616. The highest BCUT2D eigenvalue weighted by molar-refractivity contribution is 4.79. The van der Waals surface area contributed by atoms with Crippen molar-refractivity contribution in [3.05, 3.63) is 12.2 Å². The maximum atomic E-state index is 5.28. The second-order valence-electron chi connectivity index (χ2n) is 1.81. The Kier molecular flexibility index (Phi) is 2.21. The molecule has 0 spiro atoms. The molecule has 1 aromatic rings. The van der Waals surface area contributed by atoms with Crippen molar-refractivity contribution >= 4 is 0 Å². The van der Waals surface area contributed by atoms with Gasteiger partial charge < -0.3 is 5.73 Å². The average molecular weight is 126 g/mol. The zero-order valence-electron chi connectivity index (χ0n) is 5.17. The largest absolute Gasteiger partial charge is 0.330 e. The van der Waals surface area contributed by atoms with E-state index in [0.29, 0.717) is 6.54 Å². The molecule has 0 aromatic carbocycles. The molecule has 1 rings (SSSR count). The SMILES string of the molecule is NCCCc1nc[nH]n1. The number of nitrogens with two attached hydrogens (primary N) is 1. The highest BCUT2D eigenvalue weighted by Crippen LogP contribution is 1.89. The van der Waals surface area contributed by atoms with Crippen LogP contribution in [-0.2, 0) is 6.42 Å². The van der Waals surface area contributed by atoms with Crippen LogP contribution in [0.3, 0.4) is 0 Å². The number of rotatable bonds is 3. The molecule has 1 aromatic heterocycles. The first-order valence-electron chi connectivity index (χ1n) is 2.98. The lowest BCUT2D eigenvalue weighted by molar-refractivity contribution is 0.785. The van der Waals surface area contributed by atoms with Gasteiger partial charge in [-0.3, -0.25) is 5.10 Å². The Balaban J connectivity index is 2.30. The maximum absolute atomic E-state index is 5.28. The molecule has 0 bridgehead atoms. The molecule has 0 atom stereocenters. The van der Waals surface area contributed by atoms with Gasteiger partial charge >= 0.3 is 0 Å². The molecule has 50 valence electrons. The lowest BCUT2D eigenvalue weighted by atomic mass is 10.3. The number of hydrogen-bond donors (Lipinski definition) is 2. The average Bonchev–Trinajstić information content (AvgIpc) is 2.34. The van der Waals surface area contributed by atoms with Crippen LogP contribution in [0.5, 0.6) is 0 Å². The summed E-state index contributed by atoms with van der Waals surface area (Å²) in [6, 6.07) is 0. The van der Waals surface area contributed by atoms with Gasteiger partial charge in [0.1, 0.15) is 12.2 Å². The molecule has 0 fully saturated rings. The first-order chi connectivity index (χ1) is 4.43. The van der Waals surface area contributed by atoms with Gasteiger partial charge in [-0.25, -0.2) is 4.98 Å². The van der Waals surface area contributed by atoms with Crippen molar-refractivity contribution < 1.29 is 0 Å². The topological polar surface area (TPSA) is 67.6 Å². The van der Waals surface area contributed by atoms with E-state index in [1.165, 1.54) is 0 Å². The smallest absolute Gasteiger partial charge is 0.150 e. The van der Waals surface area contributed by atoms with Crippen molar-refractivity contribution in [1.29, 1.82) is 0 Å². The van der Waals surface area contributed by atoms with E-state index >= 15 is 0 Å². The van der Waals surface area contributed by atoms with Crippen LogP contribution < -0.4 is 5.73 Å². The van der Waals surface area contributed by atoms with Gasteiger partial charge in [0.25, 0.3) is 0 Å². The van der Waals surface area contributed by atoms with Crippen LogP contribution >= 0.6 is 0 Å². The Labute approximate surface area is 53.5 Å². The van der Waals surface area contributed by atoms with Crippen molar-refractivity contribution in [3.63, 3.8) is 0 Å². The van der Waals surface area contributed by atoms with Gasteiger partial charge in [0.15, 0.2) is 0 Å². The zero-order chi connectivity index (χ0) is 6.53. The fourth-order valence-corrected chi connectivity index (χ4v) is 0.616. The van der Waals surface area contributed by atoms with Crippen LogP contribution in [0.1, 0.15) is 12.2 Å². The summed E-state index contributed by atoms with van der Waals surface area (Å²) in [5.74, 6) is 0.848. The van der Waals surface area contributed by atoms with Gasteiger partial charge in [-0.15, -0.1) is 0 Å². The predicted molar refractivity (Wildman–Crippen MR) is 33.8 cm³/mol. The number of H-pyrrole nitrogens is 1. The molecule has 3 N–H and O–H groups in total. The number of hydrogen-bond acceptors (Lipinski definition) is 3. The Morgan fingerprint density at radius 1 is 1.67 bits per heavy atom. The Morgan fingerprint density at radius 3 is 3.11 bits per heavy atom. The van der Waals surface area contributed by atoms with E-state index < -0.39 is 0 Å². The molecule has 0 amide bonds. The highest BCUT2D eigenvalue weighted by atomic mass is 15.2. The molecule has 9 heavy (non-hydrogen) atoms. The summed E-state index contributed by atoms with van der Waals surface area (Å²) >= 11 is 0. The highest BCUT2D eigenvalue weighted by Gasteiger charge is 1.92. The third-order valence-electron chi connectivity index (χ3n) is 1.07. The summed E-state index contributed by atoms with van der Waals surface area (Å²) < 4.78 is 0. The Bertz CT molecular complexity index is 146. The number of nitrogens with one attached hydrogen (secondary N) is 1. The van der Waals surface area contributed by atoms with Crippen LogP contribution in [0.2, 0.25) is 0 Å². The van der Waals surface area contributed by atoms with E-state index in [-0.39, 0.29) is 0 Å². The van der Waals surface area contributed by atoms with Crippen LogP contribution in [0.15, 0.2) is 6.33 Å². The summed E-state index contributed by atoms with van der Waals surface area (Å²) in [6.45, 7) is 0.703. The summed E-state index contributed by atoms with van der Waals surface area (Å²) in [5, 5.41) is 6.50. The third kappa shape index (κ3) is 1.81. The van der Waals surface area contributed by atoms with Gasteiger partial charge in [-0.05, 0) is 13.0 Å². The number of aromatic nitrogens is 3. The van der Waals surface area contributed by atoms with Crippen molar-refractivity contribution in [1.82, 2.24) is 15.2 Å². The minimum Gasteiger partial charge on any atom is -0.330 e. The second kappa shape index (κ2) is 3.19. The molecular formula is C5H10N4. The van der Waals surface area contributed by atoms with Gasteiger partial charge in [-0.2, -0.15) is 5.10 Å². The van der Waals surface area contributed by atoms with Crippen LogP contribution in [0.4, 0.5) is 0 Å². The molecule has 0 aliphatic carbocycles. The number of aromatic amines is 1. The van der Waals surface area contributed by atoms with Crippen LogP contribution in [0, 0.1) is 0 Å². The maximum Gasteiger partial charge on any atom is 0.150 e. The van der Waals surface area contributed by atoms with Crippen LogP contribution in [-0.4, -0.2) is 21.7 Å². The third-order valence-corrected chi connectivity index (χ3v) is 1.07. The standard InChI is InChI=1S/C5H10N4/c6-3-1-2-5-7-4-8-9-5/h4H,1-3,6H2,(H,7,8,9). The molecule has 0 saturated carbocycles. The first kappa shape index (κ1) is 6.22. The van der Waals surface area contributed by atoms with Crippen molar-refractivity contribution in [3.8, 4) is 0 Å². The minimum atomic E-state index is 0.703. The van der Waals surface area contributed by atoms with E-state index in [4.69, 9.17) is 5.73 Å². The normalized spacial score (nSPS) is 9.89.